The molecule has 0 bridgehead atoms. The molecular formula is C10H19ClN4O2S. The van der Waals surface area contributed by atoms with Gasteiger partial charge in [-0.2, -0.15) is 9.40 Å². The second kappa shape index (κ2) is 6.01. The fourth-order valence-corrected chi connectivity index (χ4v) is 3.80. The summed E-state index contributed by atoms with van der Waals surface area (Å²) in [5, 5.41) is 4.25. The number of nitrogens with two attached hydrogens (primary N) is 1. The first-order valence-electron chi connectivity index (χ1n) is 5.83. The Balaban J connectivity index is 0.00000162. The van der Waals surface area contributed by atoms with Gasteiger partial charge in [0.25, 0.3) is 10.0 Å². The first-order chi connectivity index (χ1) is 8.05. The van der Waals surface area contributed by atoms with Gasteiger partial charge in [0.15, 0.2) is 5.03 Å². The van der Waals surface area contributed by atoms with E-state index in [9.17, 15) is 8.42 Å². The second-order valence-corrected chi connectivity index (χ2v) is 6.14. The van der Waals surface area contributed by atoms with Crippen LogP contribution < -0.4 is 5.73 Å². The Kier molecular flexibility index (Phi) is 5.15. The zero-order valence-corrected chi connectivity index (χ0v) is 12.0. The molecule has 0 radical (unpaired) electrons. The van der Waals surface area contributed by atoms with E-state index < -0.39 is 10.0 Å². The molecule has 18 heavy (non-hydrogen) atoms. The molecule has 0 aliphatic carbocycles. The highest BCUT2D eigenvalue weighted by molar-refractivity contribution is 7.89. The lowest BCUT2D eigenvalue weighted by Gasteiger charge is -2.29. The van der Waals surface area contributed by atoms with Crippen molar-refractivity contribution >= 4 is 22.4 Å². The van der Waals surface area contributed by atoms with Gasteiger partial charge in [-0.3, -0.25) is 4.68 Å². The number of hydrogen-bond donors (Lipinski definition) is 1. The Hall–Kier alpha value is -0.630. The maximum atomic E-state index is 12.4. The van der Waals surface area contributed by atoms with E-state index in [1.165, 1.54) is 15.2 Å². The zero-order valence-electron chi connectivity index (χ0n) is 10.3. The highest BCUT2D eigenvalue weighted by atomic mass is 35.5. The molecule has 1 aliphatic rings. The van der Waals surface area contributed by atoms with Crippen LogP contribution in [0.25, 0.3) is 0 Å². The number of hydrogen-bond acceptors (Lipinski definition) is 4. The van der Waals surface area contributed by atoms with Crippen molar-refractivity contribution in [3.63, 3.8) is 0 Å². The lowest BCUT2D eigenvalue weighted by atomic mass is 10.1. The van der Waals surface area contributed by atoms with E-state index in [-0.39, 0.29) is 23.5 Å². The summed E-state index contributed by atoms with van der Waals surface area (Å²) in [6.45, 7) is 3.36. The highest BCUT2D eigenvalue weighted by Crippen LogP contribution is 2.19. The van der Waals surface area contributed by atoms with Crippen LogP contribution in [0.15, 0.2) is 17.3 Å². The van der Waals surface area contributed by atoms with Crippen LogP contribution in [0.2, 0.25) is 0 Å². The van der Waals surface area contributed by atoms with Crippen LogP contribution in [-0.2, 0) is 16.6 Å². The predicted molar refractivity (Wildman–Crippen MR) is 71.1 cm³/mol. The maximum Gasteiger partial charge on any atom is 0.260 e. The molecule has 1 aliphatic heterocycles. The van der Waals surface area contributed by atoms with Gasteiger partial charge in [-0.25, -0.2) is 8.42 Å². The molecule has 0 saturated carbocycles. The van der Waals surface area contributed by atoms with Crippen molar-refractivity contribution in [1.82, 2.24) is 14.1 Å². The van der Waals surface area contributed by atoms with Gasteiger partial charge in [-0.15, -0.1) is 12.4 Å². The van der Waals surface area contributed by atoms with E-state index in [0.29, 0.717) is 19.6 Å². The van der Waals surface area contributed by atoms with Crippen molar-refractivity contribution in [2.24, 2.45) is 5.73 Å². The van der Waals surface area contributed by atoms with Gasteiger partial charge in [-0.05, 0) is 25.8 Å². The molecule has 8 heteroatoms. The third kappa shape index (κ3) is 2.85. The Morgan fingerprint density at radius 3 is 2.89 bits per heavy atom. The third-order valence-corrected chi connectivity index (χ3v) is 4.89. The Morgan fingerprint density at radius 2 is 2.28 bits per heavy atom. The molecule has 1 aromatic heterocycles. The molecule has 1 unspecified atom stereocenters. The summed E-state index contributed by atoms with van der Waals surface area (Å²) in [7, 11) is -3.44. The van der Waals surface area contributed by atoms with E-state index >= 15 is 0 Å². The van der Waals surface area contributed by atoms with Gasteiger partial charge in [0, 0.05) is 25.7 Å². The molecule has 2 heterocycles. The van der Waals surface area contributed by atoms with Crippen LogP contribution in [0.3, 0.4) is 0 Å². The van der Waals surface area contributed by atoms with Crippen molar-refractivity contribution in [3.8, 4) is 0 Å². The van der Waals surface area contributed by atoms with Crippen LogP contribution in [0.5, 0.6) is 0 Å². The molecule has 2 N–H and O–H groups in total. The lowest BCUT2D eigenvalue weighted by molar-refractivity contribution is 0.313. The number of nitrogens with zero attached hydrogens (tertiary/aromatic N) is 3. The van der Waals surface area contributed by atoms with Crippen molar-refractivity contribution in [2.45, 2.75) is 37.4 Å². The predicted octanol–water partition coefficient (Wildman–Crippen LogP) is 0.437. The summed E-state index contributed by atoms with van der Waals surface area (Å²) in [5.41, 5.74) is 5.82. The normalized spacial score (nSPS) is 21.6. The van der Waals surface area contributed by atoms with Crippen LogP contribution in [-0.4, -0.2) is 41.6 Å². The summed E-state index contributed by atoms with van der Waals surface area (Å²) in [6, 6.07) is 1.48. The van der Waals surface area contributed by atoms with Crippen LogP contribution in [0.1, 0.15) is 19.8 Å². The molecule has 0 spiro atoms. The summed E-state index contributed by atoms with van der Waals surface area (Å²) in [4.78, 5) is 0. The zero-order chi connectivity index (χ0) is 12.5. The Labute approximate surface area is 114 Å². The number of aryl methyl sites for hydroxylation is 1. The number of halogens is 1. The first kappa shape index (κ1) is 15.4. The van der Waals surface area contributed by atoms with Crippen molar-refractivity contribution in [2.75, 3.05) is 13.1 Å². The van der Waals surface area contributed by atoms with E-state index in [2.05, 4.69) is 5.10 Å². The van der Waals surface area contributed by atoms with Crippen molar-refractivity contribution in [3.05, 3.63) is 12.3 Å². The highest BCUT2D eigenvalue weighted by Gasteiger charge is 2.30. The molecule has 104 valence electrons. The molecule has 1 fully saturated rings. The largest absolute Gasteiger partial charge is 0.327 e. The number of rotatable bonds is 3. The topological polar surface area (TPSA) is 81.2 Å². The first-order valence-corrected chi connectivity index (χ1v) is 7.27. The molecular weight excluding hydrogens is 276 g/mol. The quantitative estimate of drug-likeness (QED) is 0.877. The van der Waals surface area contributed by atoms with Crippen LogP contribution in [0.4, 0.5) is 0 Å². The summed E-state index contributed by atoms with van der Waals surface area (Å²) < 4.78 is 27.7. The van der Waals surface area contributed by atoms with Gasteiger partial charge in [0.2, 0.25) is 0 Å². The van der Waals surface area contributed by atoms with Gasteiger partial charge in [-0.1, -0.05) is 0 Å². The average Bonchev–Trinajstić information content (AvgIpc) is 2.77. The van der Waals surface area contributed by atoms with Crippen molar-refractivity contribution < 1.29 is 8.42 Å². The number of aromatic nitrogens is 2. The average molecular weight is 295 g/mol. The second-order valence-electron chi connectivity index (χ2n) is 4.25. The molecule has 6 nitrogen and oxygen atoms in total. The summed E-state index contributed by atoms with van der Waals surface area (Å²) >= 11 is 0. The summed E-state index contributed by atoms with van der Waals surface area (Å²) in [6.07, 6.45) is 3.22. The molecule has 2 rings (SSSR count). The lowest BCUT2D eigenvalue weighted by Crippen LogP contribution is -2.46. The van der Waals surface area contributed by atoms with Gasteiger partial charge < -0.3 is 5.73 Å². The van der Waals surface area contributed by atoms with Gasteiger partial charge in [0.05, 0.1) is 6.20 Å². The fraction of sp³-hybridized carbons (Fsp3) is 0.700. The Morgan fingerprint density at radius 1 is 1.56 bits per heavy atom. The minimum atomic E-state index is -3.44. The minimum Gasteiger partial charge on any atom is -0.327 e. The third-order valence-electron chi connectivity index (χ3n) is 3.00. The maximum absolute atomic E-state index is 12.4. The molecule has 0 aromatic carbocycles. The van der Waals surface area contributed by atoms with E-state index in [1.54, 1.807) is 6.07 Å². The van der Waals surface area contributed by atoms with E-state index in [1.807, 2.05) is 6.92 Å². The summed E-state index contributed by atoms with van der Waals surface area (Å²) in [5.74, 6) is 0. The molecule has 1 saturated heterocycles. The van der Waals surface area contributed by atoms with Gasteiger partial charge >= 0.3 is 0 Å². The van der Waals surface area contributed by atoms with Crippen molar-refractivity contribution in [1.29, 1.82) is 0 Å². The van der Waals surface area contributed by atoms with Crippen LogP contribution in [0, 0.1) is 0 Å². The van der Waals surface area contributed by atoms with Gasteiger partial charge in [0.1, 0.15) is 0 Å². The molecule has 1 aromatic rings. The minimum absolute atomic E-state index is 0. The molecule has 0 amide bonds. The van der Waals surface area contributed by atoms with E-state index in [0.717, 1.165) is 12.8 Å². The smallest absolute Gasteiger partial charge is 0.260 e. The standard InChI is InChI=1S/C10H18N4O2S.ClH/c1-2-14-10(5-6-12-14)17(15,16)13-7-3-4-9(11)8-13;/h5-6,9H,2-4,7-8,11H2,1H3;1H. The van der Waals surface area contributed by atoms with E-state index in [4.69, 9.17) is 5.73 Å². The van der Waals surface area contributed by atoms with Crippen LogP contribution >= 0.6 is 12.4 Å². The number of piperidine rings is 1. The SMILES string of the molecule is CCn1nccc1S(=O)(=O)N1CCCC(N)C1.Cl. The monoisotopic (exact) mass is 294 g/mol. The fourth-order valence-electron chi connectivity index (χ4n) is 2.10. The molecule has 1 atom stereocenters. The Bertz CT molecular complexity index is 488. The number of sulfonamides is 1.